The fraction of sp³-hybridized carbons (Fsp3) is 0.0930. The van der Waals surface area contributed by atoms with Crippen LogP contribution >= 0.6 is 0 Å². The molecule has 0 unspecified atom stereocenters. The molecule has 0 radical (unpaired) electrons. The maximum Gasteiger partial charge on any atom is 0.151 e. The van der Waals surface area contributed by atoms with Gasteiger partial charge in [-0.05, 0) is 193 Å². The highest BCUT2D eigenvalue weighted by molar-refractivity contribution is 6.07. The van der Waals surface area contributed by atoms with Crippen LogP contribution < -0.4 is 9.64 Å². The van der Waals surface area contributed by atoms with Crippen molar-refractivity contribution in [2.75, 3.05) is 4.90 Å². The van der Waals surface area contributed by atoms with E-state index in [4.69, 9.17) is 4.74 Å². The Labute approximate surface area is 513 Å². The summed E-state index contributed by atoms with van der Waals surface area (Å²) in [4.78, 5) is 2.61. The van der Waals surface area contributed by atoms with E-state index in [9.17, 15) is 0 Å². The average molecular weight is 1120 g/mol. The molecule has 2 nitrogen and oxygen atoms in total. The Kier molecular flexibility index (Phi) is 9.24. The summed E-state index contributed by atoms with van der Waals surface area (Å²) < 4.78 is 8.00. The number of ether oxygens (including phenoxy) is 1. The molecule has 1 aliphatic heterocycles. The Morgan fingerprint density at radius 3 is 0.875 bits per heavy atom. The van der Waals surface area contributed by atoms with Gasteiger partial charge in [0, 0.05) is 22.0 Å². The minimum atomic E-state index is -0.636. The summed E-state index contributed by atoms with van der Waals surface area (Å²) in [5.41, 5.74) is 37.3. The topological polar surface area (TPSA) is 12.5 Å². The summed E-state index contributed by atoms with van der Waals surface area (Å²) >= 11 is 0. The van der Waals surface area contributed by atoms with Crippen LogP contribution in [0.5, 0.6) is 11.5 Å². The predicted octanol–water partition coefficient (Wildman–Crippen LogP) is 21.9. The van der Waals surface area contributed by atoms with E-state index < -0.39 is 10.8 Å². The van der Waals surface area contributed by atoms with Gasteiger partial charge in [0.2, 0.25) is 0 Å². The van der Waals surface area contributed by atoms with Gasteiger partial charge in [-0.25, -0.2) is 0 Å². The van der Waals surface area contributed by atoms with Crippen LogP contribution in [0.1, 0.15) is 94.5 Å². The van der Waals surface area contributed by atoms with Crippen molar-refractivity contribution < 1.29 is 4.74 Å². The van der Waals surface area contributed by atoms with E-state index in [0.29, 0.717) is 0 Å². The van der Waals surface area contributed by atoms with Crippen LogP contribution in [0.4, 0.5) is 17.1 Å². The summed E-state index contributed by atoms with van der Waals surface area (Å²) in [6.45, 7) is 9.66. The first-order valence-electron chi connectivity index (χ1n) is 31.2. The zero-order chi connectivity index (χ0) is 58.2. The zero-order valence-corrected chi connectivity index (χ0v) is 49.3. The number of hydrogen-bond donors (Lipinski definition) is 0. The Bertz CT molecular complexity index is 4890. The van der Waals surface area contributed by atoms with Crippen LogP contribution in [-0.4, -0.2) is 0 Å². The molecule has 13 aromatic carbocycles. The molecule has 412 valence electrons. The molecule has 0 atom stereocenters. The van der Waals surface area contributed by atoms with E-state index in [1.807, 2.05) is 0 Å². The molecular weight excluding hydrogens is 1060 g/mol. The van der Waals surface area contributed by atoms with Gasteiger partial charge in [-0.15, -0.1) is 0 Å². The predicted molar refractivity (Wildman–Crippen MR) is 360 cm³/mol. The summed E-state index contributed by atoms with van der Waals surface area (Å²) in [5, 5.41) is 0. The summed E-state index contributed by atoms with van der Waals surface area (Å²) in [7, 11) is 0. The van der Waals surface area contributed by atoms with Crippen LogP contribution in [0, 0.1) is 0 Å². The third-order valence-electron chi connectivity index (χ3n) is 21.9. The smallest absolute Gasteiger partial charge is 0.151 e. The monoisotopic (exact) mass is 1120 g/mol. The molecule has 0 saturated heterocycles. The summed E-state index contributed by atoms with van der Waals surface area (Å²) in [6.07, 6.45) is 0. The summed E-state index contributed by atoms with van der Waals surface area (Å²) in [5.74, 6) is 1.66. The molecule has 0 N–H and O–H groups in total. The molecule has 7 aliphatic rings. The lowest BCUT2D eigenvalue weighted by molar-refractivity contribution is 0.474. The Balaban J connectivity index is 0.927. The van der Waals surface area contributed by atoms with E-state index in [1.54, 1.807) is 0 Å². The van der Waals surface area contributed by atoms with Crippen LogP contribution in [-0.2, 0) is 21.7 Å². The van der Waals surface area contributed by atoms with Crippen molar-refractivity contribution in [2.24, 2.45) is 0 Å². The zero-order valence-electron chi connectivity index (χ0n) is 49.3. The maximum absolute atomic E-state index is 8.00. The fourth-order valence-corrected chi connectivity index (χ4v) is 18.2. The van der Waals surface area contributed by atoms with Crippen LogP contribution in [0.3, 0.4) is 0 Å². The normalized spacial score (nSPS) is 15.9. The van der Waals surface area contributed by atoms with E-state index >= 15 is 0 Å². The number of para-hydroxylation sites is 1. The highest BCUT2D eigenvalue weighted by Gasteiger charge is 2.56. The van der Waals surface area contributed by atoms with Gasteiger partial charge in [0.15, 0.2) is 11.5 Å². The first kappa shape index (κ1) is 48.7. The molecule has 2 spiro atoms. The average Bonchev–Trinajstić information content (AvgIpc) is 1.50. The van der Waals surface area contributed by atoms with E-state index in [0.717, 1.165) is 50.8 Å². The van der Waals surface area contributed by atoms with Gasteiger partial charge in [0.1, 0.15) is 0 Å². The number of rotatable bonds is 3. The second-order valence-corrected chi connectivity index (χ2v) is 26.5. The first-order valence-corrected chi connectivity index (χ1v) is 31.2. The number of anilines is 3. The van der Waals surface area contributed by atoms with Gasteiger partial charge >= 0.3 is 0 Å². The molecule has 1 heterocycles. The molecule has 0 bridgehead atoms. The van der Waals surface area contributed by atoms with Gasteiger partial charge in [0.25, 0.3) is 0 Å². The van der Waals surface area contributed by atoms with Crippen molar-refractivity contribution in [1.29, 1.82) is 0 Å². The van der Waals surface area contributed by atoms with E-state index in [-0.39, 0.29) is 10.8 Å². The molecule has 20 rings (SSSR count). The molecule has 0 saturated carbocycles. The van der Waals surface area contributed by atoms with Crippen LogP contribution in [0.15, 0.2) is 273 Å². The lowest BCUT2D eigenvalue weighted by Crippen LogP contribution is -2.27. The summed E-state index contributed by atoms with van der Waals surface area (Å²) in [6, 6.07) is 104. The van der Waals surface area contributed by atoms with Crippen molar-refractivity contribution in [3.05, 3.63) is 340 Å². The number of benzene rings is 13. The third kappa shape index (κ3) is 5.76. The van der Waals surface area contributed by atoms with Gasteiger partial charge in [-0.1, -0.05) is 252 Å². The van der Waals surface area contributed by atoms with Crippen molar-refractivity contribution in [2.45, 2.75) is 49.4 Å². The highest BCUT2D eigenvalue weighted by Crippen LogP contribution is 2.70. The second-order valence-electron chi connectivity index (χ2n) is 26.5. The Morgan fingerprint density at radius 1 is 0.227 bits per heavy atom. The van der Waals surface area contributed by atoms with Crippen molar-refractivity contribution in [3.8, 4) is 101 Å². The minimum absolute atomic E-state index is 0.212. The number of fused-ring (bicyclic) bond motifs is 28. The lowest BCUT2D eigenvalue weighted by atomic mass is 9.69. The molecule has 2 heteroatoms. The Hall–Kier alpha value is -10.5. The van der Waals surface area contributed by atoms with Gasteiger partial charge < -0.3 is 9.64 Å². The molecule has 6 aliphatic carbocycles. The first-order chi connectivity index (χ1) is 43.2. The molecular formula is C86H57NO. The van der Waals surface area contributed by atoms with Crippen molar-refractivity contribution >= 4 is 17.1 Å². The number of nitrogens with zero attached hydrogens (tertiary/aromatic N) is 1. The van der Waals surface area contributed by atoms with Crippen molar-refractivity contribution in [3.63, 3.8) is 0 Å². The van der Waals surface area contributed by atoms with Gasteiger partial charge in [0.05, 0.1) is 27.9 Å². The van der Waals surface area contributed by atoms with Crippen molar-refractivity contribution in [1.82, 2.24) is 0 Å². The lowest BCUT2D eigenvalue weighted by Gasteiger charge is -2.38. The van der Waals surface area contributed by atoms with E-state index in [1.165, 1.54) is 134 Å². The third-order valence-corrected chi connectivity index (χ3v) is 21.9. The SMILES string of the molecule is CC1(C)c2ccccc2-c2cc3c(cc21)-c1cc2c(cc1C31c3ccccc3-c3ccccc31)Oc1cc3c(cc1N2c1c(-c2ccccc2)cccc1-c1ccccc1)-c1cc2c(cc1C31c3ccccc3-c3ccccc31)-c1ccccc1C2(C)C. The fourth-order valence-electron chi connectivity index (χ4n) is 18.2. The number of hydrogen-bond acceptors (Lipinski definition) is 2. The van der Waals surface area contributed by atoms with Crippen LogP contribution in [0.2, 0.25) is 0 Å². The van der Waals surface area contributed by atoms with Gasteiger partial charge in [-0.3, -0.25) is 0 Å². The molecule has 0 aromatic heterocycles. The van der Waals surface area contributed by atoms with E-state index in [2.05, 4.69) is 306 Å². The second kappa shape index (κ2) is 16.7. The van der Waals surface area contributed by atoms with Crippen LogP contribution in [0.25, 0.3) is 89.0 Å². The Morgan fingerprint density at radius 2 is 0.500 bits per heavy atom. The standard InChI is InChI=1S/C86H57NO/c1-83(2)66-36-17-11-32-58(66)60-44-74-62(42-72(60)83)64-46-78-80(48-76(64)85(74)68-38-19-13-28-54(68)55-29-14-20-39-69(55)85)88-81-49-77-65(47-79(81)87(78)82-52(50-24-7-5-8-25-50)34-23-35-53(82)51-26-9-6-10-27-51)63-43-73-61(59-33-12-18-37-67(59)84(73,3)4)45-75(63)86(77)70-40-21-15-30-56(70)57-31-16-22-41-71(57)86/h5-49H,1-4H3. The molecule has 0 amide bonds. The highest BCUT2D eigenvalue weighted by atomic mass is 16.5. The quantitative estimate of drug-likeness (QED) is 0.175. The van der Waals surface area contributed by atoms with Gasteiger partial charge in [-0.2, -0.15) is 0 Å². The molecule has 88 heavy (non-hydrogen) atoms. The molecule has 0 fully saturated rings. The minimum Gasteiger partial charge on any atom is -0.453 e. The largest absolute Gasteiger partial charge is 0.453 e. The molecule has 13 aromatic rings. The maximum atomic E-state index is 8.00.